The molecule has 1 atom stereocenters. The second kappa shape index (κ2) is 8.03. The highest BCUT2D eigenvalue weighted by molar-refractivity contribution is 7.14. The Hall–Kier alpha value is -2.49. The summed E-state index contributed by atoms with van der Waals surface area (Å²) in [7, 11) is 0. The van der Waals surface area contributed by atoms with Crippen LogP contribution in [0.1, 0.15) is 22.2 Å². The van der Waals surface area contributed by atoms with E-state index in [-0.39, 0.29) is 29.5 Å². The number of halogens is 3. The minimum atomic E-state index is -4.59. The summed E-state index contributed by atoms with van der Waals surface area (Å²) < 4.78 is 45.9. The monoisotopic (exact) mass is 395 g/mol. The van der Waals surface area contributed by atoms with Gasteiger partial charge >= 0.3 is 6.18 Å². The number of benzene rings is 2. The van der Waals surface area contributed by atoms with Crippen molar-refractivity contribution in [1.82, 2.24) is 10.2 Å². The van der Waals surface area contributed by atoms with Gasteiger partial charge in [-0.3, -0.25) is 0 Å². The molecule has 0 bridgehead atoms. The van der Waals surface area contributed by atoms with Crippen molar-refractivity contribution in [3.63, 3.8) is 0 Å². The van der Waals surface area contributed by atoms with Gasteiger partial charge < -0.3 is 15.6 Å². The lowest BCUT2D eigenvalue weighted by Gasteiger charge is -2.15. The fourth-order valence-corrected chi connectivity index (χ4v) is 3.16. The van der Waals surface area contributed by atoms with Crippen molar-refractivity contribution < 1.29 is 23.0 Å². The summed E-state index contributed by atoms with van der Waals surface area (Å²) in [6.07, 6.45) is -4.59. The number of ether oxygens (including phenoxy) is 1. The molecular formula is C18H16F3N3O2S. The van der Waals surface area contributed by atoms with Gasteiger partial charge in [0.1, 0.15) is 22.4 Å². The normalized spacial score (nSPS) is 12.8. The predicted octanol–water partition coefficient (Wildman–Crippen LogP) is 3.80. The molecule has 1 unspecified atom stereocenters. The fourth-order valence-electron chi connectivity index (χ4n) is 2.32. The zero-order valence-corrected chi connectivity index (χ0v) is 14.8. The molecule has 3 aromatic rings. The molecule has 0 radical (unpaired) electrons. The van der Waals surface area contributed by atoms with Crippen LogP contribution in [-0.2, 0) is 12.8 Å². The molecule has 27 heavy (non-hydrogen) atoms. The SMILES string of the molecule is NC(CO)c1nnc(-c2ccc(OCc3ccccc3)c(C(F)(F)F)c2)s1. The topological polar surface area (TPSA) is 81.3 Å². The Labute approximate surface area is 157 Å². The summed E-state index contributed by atoms with van der Waals surface area (Å²) in [5.41, 5.74) is 5.79. The van der Waals surface area contributed by atoms with E-state index in [0.717, 1.165) is 23.0 Å². The van der Waals surface area contributed by atoms with E-state index >= 15 is 0 Å². The number of alkyl halides is 3. The lowest BCUT2D eigenvalue weighted by Crippen LogP contribution is -2.13. The maximum absolute atomic E-state index is 13.5. The quantitative estimate of drug-likeness (QED) is 0.664. The van der Waals surface area contributed by atoms with Crippen molar-refractivity contribution >= 4 is 11.3 Å². The zero-order chi connectivity index (χ0) is 19.4. The van der Waals surface area contributed by atoms with Crippen LogP contribution in [0.25, 0.3) is 10.6 Å². The van der Waals surface area contributed by atoms with E-state index in [9.17, 15) is 13.2 Å². The Kier molecular flexibility index (Phi) is 5.73. The van der Waals surface area contributed by atoms with Gasteiger partial charge in [-0.1, -0.05) is 41.7 Å². The molecule has 0 saturated heterocycles. The number of hydrogen-bond acceptors (Lipinski definition) is 6. The largest absolute Gasteiger partial charge is 0.488 e. The van der Waals surface area contributed by atoms with E-state index in [2.05, 4.69) is 10.2 Å². The molecule has 0 aliphatic rings. The Morgan fingerprint density at radius 1 is 1.11 bits per heavy atom. The highest BCUT2D eigenvalue weighted by atomic mass is 32.1. The van der Waals surface area contributed by atoms with E-state index < -0.39 is 17.8 Å². The number of aliphatic hydroxyl groups is 1. The van der Waals surface area contributed by atoms with Crippen LogP contribution in [0.15, 0.2) is 48.5 Å². The minimum absolute atomic E-state index is 0.0254. The first-order valence-electron chi connectivity index (χ1n) is 7.96. The third-order valence-corrected chi connectivity index (χ3v) is 4.83. The lowest BCUT2D eigenvalue weighted by molar-refractivity contribution is -0.139. The van der Waals surface area contributed by atoms with Crippen LogP contribution in [0, 0.1) is 0 Å². The van der Waals surface area contributed by atoms with E-state index in [1.807, 2.05) is 6.07 Å². The number of rotatable bonds is 6. The molecule has 0 saturated carbocycles. The van der Waals surface area contributed by atoms with Crippen molar-refractivity contribution in [3.8, 4) is 16.3 Å². The summed E-state index contributed by atoms with van der Waals surface area (Å²) in [5, 5.41) is 17.4. The molecule has 0 amide bonds. The third kappa shape index (κ3) is 4.62. The van der Waals surface area contributed by atoms with Crippen LogP contribution >= 0.6 is 11.3 Å². The Balaban J connectivity index is 1.89. The number of nitrogens with two attached hydrogens (primary N) is 1. The van der Waals surface area contributed by atoms with Gasteiger partial charge in [-0.25, -0.2) is 0 Å². The molecule has 3 rings (SSSR count). The van der Waals surface area contributed by atoms with Crippen LogP contribution in [0.2, 0.25) is 0 Å². The Morgan fingerprint density at radius 2 is 1.85 bits per heavy atom. The number of aliphatic hydroxyl groups excluding tert-OH is 1. The smallest absolute Gasteiger partial charge is 0.419 e. The van der Waals surface area contributed by atoms with E-state index in [1.165, 1.54) is 12.1 Å². The van der Waals surface area contributed by atoms with Gasteiger partial charge in [0.2, 0.25) is 0 Å². The van der Waals surface area contributed by atoms with E-state index in [0.29, 0.717) is 5.01 Å². The predicted molar refractivity (Wildman–Crippen MR) is 95.1 cm³/mol. The van der Waals surface area contributed by atoms with Crippen LogP contribution in [0.4, 0.5) is 13.2 Å². The molecular weight excluding hydrogens is 379 g/mol. The van der Waals surface area contributed by atoms with Gasteiger partial charge in [0, 0.05) is 5.56 Å². The van der Waals surface area contributed by atoms with Gasteiger partial charge in [0.05, 0.1) is 18.2 Å². The van der Waals surface area contributed by atoms with Gasteiger partial charge in [-0.15, -0.1) is 10.2 Å². The zero-order valence-electron chi connectivity index (χ0n) is 14.0. The van der Waals surface area contributed by atoms with Crippen molar-refractivity contribution in [3.05, 3.63) is 64.7 Å². The third-order valence-electron chi connectivity index (χ3n) is 3.72. The van der Waals surface area contributed by atoms with Crippen LogP contribution in [0.5, 0.6) is 5.75 Å². The number of nitrogens with zero attached hydrogens (tertiary/aromatic N) is 2. The summed E-state index contributed by atoms with van der Waals surface area (Å²) in [6, 6.07) is 12.0. The van der Waals surface area contributed by atoms with E-state index in [4.69, 9.17) is 15.6 Å². The lowest BCUT2D eigenvalue weighted by atomic mass is 10.1. The number of aromatic nitrogens is 2. The Morgan fingerprint density at radius 3 is 2.52 bits per heavy atom. The second-order valence-corrected chi connectivity index (χ2v) is 6.73. The molecule has 1 aromatic heterocycles. The van der Waals surface area contributed by atoms with E-state index in [1.54, 1.807) is 24.3 Å². The van der Waals surface area contributed by atoms with Crippen molar-refractivity contribution in [2.45, 2.75) is 18.8 Å². The van der Waals surface area contributed by atoms with Crippen LogP contribution in [-0.4, -0.2) is 21.9 Å². The molecule has 142 valence electrons. The first-order valence-corrected chi connectivity index (χ1v) is 8.78. The second-order valence-electron chi connectivity index (χ2n) is 5.72. The summed E-state index contributed by atoms with van der Waals surface area (Å²) >= 11 is 1.04. The van der Waals surface area contributed by atoms with Crippen molar-refractivity contribution in [2.75, 3.05) is 6.61 Å². The highest BCUT2D eigenvalue weighted by Gasteiger charge is 2.35. The highest BCUT2D eigenvalue weighted by Crippen LogP contribution is 2.39. The summed E-state index contributed by atoms with van der Waals surface area (Å²) in [5.74, 6) is -0.257. The molecule has 0 aliphatic heterocycles. The summed E-state index contributed by atoms with van der Waals surface area (Å²) in [6.45, 7) is -0.299. The van der Waals surface area contributed by atoms with Crippen molar-refractivity contribution in [2.24, 2.45) is 5.73 Å². The Bertz CT molecular complexity index is 900. The average Bonchev–Trinajstić information content (AvgIpc) is 3.16. The molecule has 0 fully saturated rings. The first-order chi connectivity index (χ1) is 12.9. The van der Waals surface area contributed by atoms with Crippen molar-refractivity contribution in [1.29, 1.82) is 0 Å². The standard InChI is InChI=1S/C18H16F3N3O2S/c19-18(20,21)13-8-12(16-23-24-17(27-16)14(22)9-25)6-7-15(13)26-10-11-4-2-1-3-5-11/h1-8,14,25H,9-10,22H2. The average molecular weight is 395 g/mol. The van der Waals surface area contributed by atoms with Gasteiger partial charge in [0.25, 0.3) is 0 Å². The molecule has 3 N–H and O–H groups in total. The fraction of sp³-hybridized carbons (Fsp3) is 0.222. The maximum Gasteiger partial charge on any atom is 0.419 e. The van der Waals surface area contributed by atoms with Crippen LogP contribution < -0.4 is 10.5 Å². The van der Waals surface area contributed by atoms with Crippen LogP contribution in [0.3, 0.4) is 0 Å². The molecule has 0 spiro atoms. The molecule has 1 heterocycles. The molecule has 0 aliphatic carbocycles. The molecule has 2 aromatic carbocycles. The maximum atomic E-state index is 13.5. The summed E-state index contributed by atoms with van der Waals surface area (Å²) in [4.78, 5) is 0. The van der Waals surface area contributed by atoms with Gasteiger partial charge in [-0.05, 0) is 23.8 Å². The number of hydrogen-bond donors (Lipinski definition) is 2. The molecule has 5 nitrogen and oxygen atoms in total. The minimum Gasteiger partial charge on any atom is -0.488 e. The van der Waals surface area contributed by atoms with Gasteiger partial charge in [-0.2, -0.15) is 13.2 Å². The first kappa shape index (κ1) is 19.3. The van der Waals surface area contributed by atoms with Gasteiger partial charge in [0.15, 0.2) is 0 Å². The molecule has 9 heteroatoms.